The van der Waals surface area contributed by atoms with E-state index in [4.69, 9.17) is 10.5 Å². The number of aryl methyl sites for hydroxylation is 1. The number of benzene rings is 1. The van der Waals surface area contributed by atoms with Gasteiger partial charge in [-0.15, -0.1) is 0 Å². The molecular weight excluding hydrogens is 477 g/mol. The molecule has 0 spiro atoms. The van der Waals surface area contributed by atoms with Gasteiger partial charge in [0.25, 0.3) is 0 Å². The number of nitrogens with one attached hydrogen (secondary N) is 2. The zero-order valence-electron chi connectivity index (χ0n) is 20.3. The maximum atomic E-state index is 12.8. The Bertz CT molecular complexity index is 1140. The highest BCUT2D eigenvalue weighted by Crippen LogP contribution is 2.38. The smallest absolute Gasteiger partial charge is 0.454 e. The third-order valence-corrected chi connectivity index (χ3v) is 7.40. The lowest BCUT2D eigenvalue weighted by molar-refractivity contribution is 0.257. The molecule has 6 N–H and O–H groups in total. The van der Waals surface area contributed by atoms with Gasteiger partial charge in [0.05, 0.1) is 17.8 Å². The Morgan fingerprint density at radius 1 is 1.25 bits per heavy atom. The van der Waals surface area contributed by atoms with E-state index < -0.39 is 7.12 Å². The molecule has 2 aromatic rings. The number of amides is 2. The fourth-order valence-corrected chi connectivity index (χ4v) is 5.19. The monoisotopic (exact) mass is 509 g/mol. The number of aliphatic imine (C=N–C) groups is 1. The van der Waals surface area contributed by atoms with Crippen LogP contribution in [-0.4, -0.2) is 47.5 Å². The van der Waals surface area contributed by atoms with Crippen molar-refractivity contribution in [1.82, 2.24) is 9.71 Å². The average molecular weight is 509 g/mol. The largest absolute Gasteiger partial charge is 0.481 e. The lowest BCUT2D eigenvalue weighted by Crippen LogP contribution is -2.26. The van der Waals surface area contributed by atoms with E-state index >= 15 is 0 Å². The summed E-state index contributed by atoms with van der Waals surface area (Å²) in [5.41, 5.74) is 11.1. The summed E-state index contributed by atoms with van der Waals surface area (Å²) in [5.74, 6) is 0.444. The maximum Gasteiger partial charge on any atom is 0.454 e. The number of ether oxygens (including phenoxy) is 1. The first kappa shape index (κ1) is 26.1. The van der Waals surface area contributed by atoms with Crippen molar-refractivity contribution in [2.24, 2.45) is 10.7 Å². The van der Waals surface area contributed by atoms with Crippen LogP contribution in [-0.2, 0) is 12.8 Å². The number of nitrogens with two attached hydrogens (primary N) is 1. The molecule has 190 valence electrons. The van der Waals surface area contributed by atoms with Crippen LogP contribution in [0.25, 0.3) is 11.1 Å². The molecule has 36 heavy (non-hydrogen) atoms. The van der Waals surface area contributed by atoms with E-state index in [9.17, 15) is 14.8 Å². The minimum Gasteiger partial charge on any atom is -0.481 e. The number of carbonyl (C=O) groups excluding carboxylic acids is 1. The van der Waals surface area contributed by atoms with E-state index in [1.54, 1.807) is 25.6 Å². The molecule has 0 atom stereocenters. The first-order chi connectivity index (χ1) is 17.4. The molecule has 9 nitrogen and oxygen atoms in total. The SMILES string of the molecule is COc1cc(-c2ccc3c(c2NC(=O)NS/C(N)=C/C=NC2CCC(B(O)O)CC2)CCC3)ccn1. The van der Waals surface area contributed by atoms with Gasteiger partial charge in [-0.3, -0.25) is 9.71 Å². The third-order valence-electron chi connectivity index (χ3n) is 6.74. The zero-order valence-corrected chi connectivity index (χ0v) is 21.1. The first-order valence-corrected chi connectivity index (χ1v) is 13.0. The quantitative estimate of drug-likeness (QED) is 0.208. The summed E-state index contributed by atoms with van der Waals surface area (Å²) in [5, 5.41) is 22.0. The Labute approximate surface area is 215 Å². The normalized spacial score (nSPS) is 19.7. The van der Waals surface area contributed by atoms with Crippen LogP contribution in [0.1, 0.15) is 43.2 Å². The Morgan fingerprint density at radius 2 is 2.06 bits per heavy atom. The van der Waals surface area contributed by atoms with Crippen molar-refractivity contribution >= 4 is 37.0 Å². The summed E-state index contributed by atoms with van der Waals surface area (Å²) in [6.45, 7) is 0. The minimum atomic E-state index is -1.25. The first-order valence-electron chi connectivity index (χ1n) is 12.2. The highest BCUT2D eigenvalue weighted by atomic mass is 32.2. The number of allylic oxidation sites excluding steroid dienone is 1. The second-order valence-corrected chi connectivity index (χ2v) is 9.95. The molecule has 1 aromatic heterocycles. The summed E-state index contributed by atoms with van der Waals surface area (Å²) in [6, 6.07) is 7.69. The van der Waals surface area contributed by atoms with Crippen LogP contribution < -0.4 is 20.5 Å². The van der Waals surface area contributed by atoms with Crippen LogP contribution in [0, 0.1) is 0 Å². The Hall–Kier alpha value is -3.02. The van der Waals surface area contributed by atoms with Crippen molar-refractivity contribution in [2.75, 3.05) is 12.4 Å². The van der Waals surface area contributed by atoms with Crippen molar-refractivity contribution in [2.45, 2.75) is 56.8 Å². The third kappa shape index (κ3) is 6.60. The minimum absolute atomic E-state index is 0.0673. The number of carbonyl (C=O) groups is 1. The summed E-state index contributed by atoms with van der Waals surface area (Å²) in [7, 11) is 0.327. The summed E-state index contributed by atoms with van der Waals surface area (Å²) in [6.07, 6.45) is 11.1. The number of aromatic nitrogens is 1. The van der Waals surface area contributed by atoms with Crippen LogP contribution in [0.3, 0.4) is 0 Å². The molecule has 0 aliphatic heterocycles. The van der Waals surface area contributed by atoms with Gasteiger partial charge in [-0.05, 0) is 79.6 Å². The van der Waals surface area contributed by atoms with E-state index in [0.29, 0.717) is 10.9 Å². The van der Waals surface area contributed by atoms with Crippen molar-refractivity contribution in [3.05, 3.63) is 52.7 Å². The van der Waals surface area contributed by atoms with Gasteiger partial charge in [-0.1, -0.05) is 12.1 Å². The van der Waals surface area contributed by atoms with Crippen molar-refractivity contribution < 1.29 is 19.6 Å². The molecule has 2 aliphatic carbocycles. The number of nitrogens with zero attached hydrogens (tertiary/aromatic N) is 2. The van der Waals surface area contributed by atoms with Gasteiger partial charge in [0.15, 0.2) is 0 Å². The van der Waals surface area contributed by atoms with E-state index in [2.05, 4.69) is 26.1 Å². The lowest BCUT2D eigenvalue weighted by Gasteiger charge is -2.25. The molecule has 1 fully saturated rings. The standard InChI is InChI=1S/C25H32BN5O4S/c1-35-23-15-17(11-13-29-23)21-10-5-16-3-2-4-20(16)24(21)30-25(32)31-36-22(27)12-14-28-19-8-6-18(7-9-19)26(33)34/h5,10-15,18-19,33-34H,2-4,6-9,27H2,1H3,(H2,30,31,32)/b22-12+,28-14?. The van der Waals surface area contributed by atoms with E-state index in [1.807, 2.05) is 18.2 Å². The second kappa shape index (κ2) is 12.3. The van der Waals surface area contributed by atoms with Gasteiger partial charge < -0.3 is 25.8 Å². The van der Waals surface area contributed by atoms with Gasteiger partial charge in [0.1, 0.15) is 0 Å². The van der Waals surface area contributed by atoms with E-state index in [0.717, 1.165) is 79.3 Å². The molecule has 0 radical (unpaired) electrons. The predicted molar refractivity (Wildman–Crippen MR) is 145 cm³/mol. The van der Waals surface area contributed by atoms with Crippen LogP contribution in [0.2, 0.25) is 5.82 Å². The second-order valence-electron chi connectivity index (χ2n) is 9.07. The molecule has 1 saturated carbocycles. The molecule has 0 bridgehead atoms. The van der Waals surface area contributed by atoms with Gasteiger partial charge in [-0.2, -0.15) is 0 Å². The number of fused-ring (bicyclic) bond motifs is 1. The van der Waals surface area contributed by atoms with Gasteiger partial charge >= 0.3 is 13.1 Å². The number of pyridine rings is 1. The molecule has 2 aliphatic rings. The molecule has 1 aromatic carbocycles. The summed E-state index contributed by atoms with van der Waals surface area (Å²) in [4.78, 5) is 21.5. The number of methoxy groups -OCH3 is 1. The maximum absolute atomic E-state index is 12.8. The molecule has 1 heterocycles. The van der Waals surface area contributed by atoms with Crippen molar-refractivity contribution in [3.8, 4) is 17.0 Å². The highest BCUT2D eigenvalue weighted by molar-refractivity contribution is 8.01. The molecule has 11 heteroatoms. The van der Waals surface area contributed by atoms with Crippen LogP contribution in [0.4, 0.5) is 10.5 Å². The van der Waals surface area contributed by atoms with Crippen molar-refractivity contribution in [1.29, 1.82) is 0 Å². The number of hydrogen-bond donors (Lipinski definition) is 5. The van der Waals surface area contributed by atoms with Gasteiger partial charge in [-0.25, -0.2) is 9.78 Å². The van der Waals surface area contributed by atoms with Crippen molar-refractivity contribution in [3.63, 3.8) is 0 Å². The summed E-state index contributed by atoms with van der Waals surface area (Å²) >= 11 is 1.03. The van der Waals surface area contributed by atoms with Crippen LogP contribution >= 0.6 is 11.9 Å². The number of anilines is 1. The van der Waals surface area contributed by atoms with Crippen LogP contribution in [0.5, 0.6) is 5.88 Å². The number of hydrogen-bond acceptors (Lipinski definition) is 8. The molecule has 4 rings (SSSR count). The molecule has 0 saturated heterocycles. The van der Waals surface area contributed by atoms with Gasteiger partial charge in [0, 0.05) is 42.0 Å². The lowest BCUT2D eigenvalue weighted by atomic mass is 9.64. The van der Waals surface area contributed by atoms with Gasteiger partial charge in [0.2, 0.25) is 5.88 Å². The molecule has 0 unspecified atom stereocenters. The molecular formula is C25H32BN5O4S. The summed E-state index contributed by atoms with van der Waals surface area (Å²) < 4.78 is 8.02. The predicted octanol–water partition coefficient (Wildman–Crippen LogP) is 3.67. The fraction of sp³-hybridized carbons (Fsp3) is 0.400. The Kier molecular flexibility index (Phi) is 8.90. The molecule has 2 amide bonds. The number of rotatable bonds is 8. The zero-order chi connectivity index (χ0) is 25.5. The average Bonchev–Trinajstić information content (AvgIpc) is 3.37. The van der Waals surface area contributed by atoms with E-state index in [1.165, 1.54) is 5.56 Å². The van der Waals surface area contributed by atoms with E-state index in [-0.39, 0.29) is 17.9 Å². The Balaban J connectivity index is 1.37. The fourth-order valence-electron chi connectivity index (χ4n) is 4.80. The Morgan fingerprint density at radius 3 is 2.81 bits per heavy atom. The van der Waals surface area contributed by atoms with Crippen LogP contribution in [0.15, 0.2) is 46.6 Å². The topological polar surface area (TPSA) is 142 Å². The highest BCUT2D eigenvalue weighted by Gasteiger charge is 2.28. The number of urea groups is 1.